The van der Waals surface area contributed by atoms with Gasteiger partial charge in [0, 0.05) is 57.3 Å². The number of carbonyl (C=O) groups is 2. The fourth-order valence-corrected chi connectivity index (χ4v) is 5.88. The molecule has 1 aromatic rings. The van der Waals surface area contributed by atoms with Crippen LogP contribution in [0, 0.1) is 17.2 Å². The van der Waals surface area contributed by atoms with Gasteiger partial charge in [0.2, 0.25) is 11.8 Å². The van der Waals surface area contributed by atoms with Gasteiger partial charge < -0.3 is 9.80 Å². The van der Waals surface area contributed by atoms with E-state index in [1.807, 2.05) is 15.9 Å². The zero-order chi connectivity index (χ0) is 22.1. The van der Waals surface area contributed by atoms with Crippen molar-refractivity contribution in [3.05, 3.63) is 47.3 Å². The number of piperidine rings is 1. The van der Waals surface area contributed by atoms with Gasteiger partial charge in [-0.05, 0) is 68.1 Å². The van der Waals surface area contributed by atoms with Crippen LogP contribution >= 0.6 is 0 Å². The number of piperazine rings is 1. The second kappa shape index (κ2) is 8.97. The molecule has 1 saturated carbocycles. The summed E-state index contributed by atoms with van der Waals surface area (Å²) in [5.41, 5.74) is 2.12. The Kier molecular flexibility index (Phi) is 6.06. The molecule has 0 aromatic heterocycles. The van der Waals surface area contributed by atoms with Crippen LogP contribution in [0.5, 0.6) is 0 Å². The van der Waals surface area contributed by atoms with Gasteiger partial charge in [0.15, 0.2) is 0 Å². The summed E-state index contributed by atoms with van der Waals surface area (Å²) in [4.78, 5) is 32.3. The zero-order valence-electron chi connectivity index (χ0n) is 18.9. The van der Waals surface area contributed by atoms with E-state index in [-0.39, 0.29) is 23.1 Å². The average Bonchev–Trinajstić information content (AvgIpc) is 3.52. The number of hydrogen-bond acceptors (Lipinski definition) is 3. The smallest absolute Gasteiger partial charge is 0.249 e. The molecule has 4 aliphatic rings. The number of amides is 2. The van der Waals surface area contributed by atoms with Crippen LogP contribution in [-0.4, -0.2) is 65.8 Å². The van der Waals surface area contributed by atoms with E-state index in [0.29, 0.717) is 5.91 Å². The number of carbonyl (C=O) groups excluding carboxylic acids is 2. The summed E-state index contributed by atoms with van der Waals surface area (Å²) in [6, 6.07) is 6.77. The fraction of sp³-hybridized carbons (Fsp3) is 0.615. The van der Waals surface area contributed by atoms with Crippen molar-refractivity contribution in [3.8, 4) is 0 Å². The molecule has 2 amide bonds. The molecule has 6 heteroatoms. The third-order valence-electron chi connectivity index (χ3n) is 8.08. The van der Waals surface area contributed by atoms with Crippen molar-refractivity contribution in [2.45, 2.75) is 51.5 Å². The van der Waals surface area contributed by atoms with Crippen LogP contribution in [0.1, 0.15) is 50.5 Å². The monoisotopic (exact) mass is 439 g/mol. The van der Waals surface area contributed by atoms with Crippen LogP contribution in [0.15, 0.2) is 35.9 Å². The van der Waals surface area contributed by atoms with Crippen LogP contribution < -0.4 is 0 Å². The van der Waals surface area contributed by atoms with Crippen molar-refractivity contribution < 1.29 is 14.0 Å². The van der Waals surface area contributed by atoms with Gasteiger partial charge >= 0.3 is 0 Å². The van der Waals surface area contributed by atoms with Crippen molar-refractivity contribution in [2.24, 2.45) is 11.3 Å². The molecule has 1 aromatic carbocycles. The molecule has 1 atom stereocenters. The topological polar surface area (TPSA) is 43.9 Å². The first-order valence-corrected chi connectivity index (χ1v) is 12.3. The predicted octanol–water partition coefficient (Wildman–Crippen LogP) is 3.60. The maximum absolute atomic E-state index is 13.4. The Hall–Kier alpha value is -2.21. The lowest BCUT2D eigenvalue weighted by atomic mass is 9.89. The maximum Gasteiger partial charge on any atom is 0.249 e. The van der Waals surface area contributed by atoms with Crippen molar-refractivity contribution >= 4 is 11.8 Å². The summed E-state index contributed by atoms with van der Waals surface area (Å²) >= 11 is 0. The molecule has 32 heavy (non-hydrogen) atoms. The van der Waals surface area contributed by atoms with E-state index in [1.54, 1.807) is 12.1 Å². The van der Waals surface area contributed by atoms with Gasteiger partial charge in [-0.3, -0.25) is 14.5 Å². The lowest BCUT2D eigenvalue weighted by Gasteiger charge is -2.37. The third kappa shape index (κ3) is 4.47. The van der Waals surface area contributed by atoms with E-state index < -0.39 is 0 Å². The van der Waals surface area contributed by atoms with Gasteiger partial charge in [-0.1, -0.05) is 18.2 Å². The summed E-state index contributed by atoms with van der Waals surface area (Å²) in [7, 11) is 0. The highest BCUT2D eigenvalue weighted by atomic mass is 19.1. The molecule has 2 saturated heterocycles. The minimum atomic E-state index is -0.196. The highest BCUT2D eigenvalue weighted by molar-refractivity contribution is 5.93. The van der Waals surface area contributed by atoms with E-state index >= 15 is 0 Å². The SMILES string of the molecule is O=C(C1=CCCCC1)N1CCC2(CC1)C[C@H]2C(=O)N1CCN(Cc2cccc(F)c2)CC1. The number of allylic oxidation sites excluding steroid dienone is 1. The molecular weight excluding hydrogens is 405 g/mol. The summed E-state index contributed by atoms with van der Waals surface area (Å²) in [5.74, 6) is 0.490. The molecular formula is C26H34FN3O2. The molecule has 172 valence electrons. The number of hydrogen-bond donors (Lipinski definition) is 0. The summed E-state index contributed by atoms with van der Waals surface area (Å²) in [5, 5.41) is 0. The van der Waals surface area contributed by atoms with E-state index in [1.165, 1.54) is 12.5 Å². The first kappa shape index (κ1) is 21.6. The molecule has 2 aliphatic heterocycles. The van der Waals surface area contributed by atoms with E-state index in [9.17, 15) is 14.0 Å². The first-order valence-electron chi connectivity index (χ1n) is 12.3. The molecule has 0 radical (unpaired) electrons. The van der Waals surface area contributed by atoms with Gasteiger partial charge in [0.25, 0.3) is 0 Å². The quantitative estimate of drug-likeness (QED) is 0.720. The molecule has 1 spiro atoms. The second-order valence-electron chi connectivity index (χ2n) is 10.1. The lowest BCUT2D eigenvalue weighted by Crippen LogP contribution is -2.49. The summed E-state index contributed by atoms with van der Waals surface area (Å²) < 4.78 is 13.4. The predicted molar refractivity (Wildman–Crippen MR) is 121 cm³/mol. The van der Waals surface area contributed by atoms with Crippen LogP contribution in [0.2, 0.25) is 0 Å². The standard InChI is InChI=1S/C26H34FN3O2/c27-22-8-4-5-20(17-22)19-28-13-15-30(16-14-28)25(32)23-18-26(23)9-11-29(12-10-26)24(31)21-6-2-1-3-7-21/h4-6,8,17,23H,1-3,7,9-16,18-19H2/t23-/m0/s1. The van der Waals surface area contributed by atoms with E-state index in [0.717, 1.165) is 95.5 Å². The molecule has 3 fully saturated rings. The molecule has 2 heterocycles. The van der Waals surface area contributed by atoms with Crippen LogP contribution in [0.3, 0.4) is 0 Å². The normalized spacial score (nSPS) is 25.5. The number of rotatable bonds is 4. The molecule has 5 nitrogen and oxygen atoms in total. The number of nitrogens with zero attached hydrogens (tertiary/aromatic N) is 3. The van der Waals surface area contributed by atoms with Crippen LogP contribution in [0.25, 0.3) is 0 Å². The summed E-state index contributed by atoms with van der Waals surface area (Å²) in [6.45, 7) is 5.48. The zero-order valence-corrected chi connectivity index (χ0v) is 18.9. The van der Waals surface area contributed by atoms with Crippen molar-refractivity contribution in [1.82, 2.24) is 14.7 Å². The Morgan fingerprint density at radius 2 is 1.78 bits per heavy atom. The molecule has 0 bridgehead atoms. The highest BCUT2D eigenvalue weighted by Gasteiger charge is 2.59. The molecule has 2 aliphatic carbocycles. The van der Waals surface area contributed by atoms with Crippen molar-refractivity contribution in [3.63, 3.8) is 0 Å². The Balaban J connectivity index is 1.09. The Morgan fingerprint density at radius 1 is 1.00 bits per heavy atom. The van der Waals surface area contributed by atoms with Crippen LogP contribution in [-0.2, 0) is 16.1 Å². The number of likely N-dealkylation sites (tertiary alicyclic amines) is 1. The Bertz CT molecular complexity index is 898. The van der Waals surface area contributed by atoms with Crippen LogP contribution in [0.4, 0.5) is 4.39 Å². The maximum atomic E-state index is 13.4. The third-order valence-corrected chi connectivity index (χ3v) is 8.08. The fourth-order valence-electron chi connectivity index (χ4n) is 5.88. The number of halogens is 1. The van der Waals surface area contributed by atoms with Gasteiger partial charge in [-0.2, -0.15) is 0 Å². The van der Waals surface area contributed by atoms with Crippen molar-refractivity contribution in [1.29, 1.82) is 0 Å². The minimum Gasteiger partial charge on any atom is -0.340 e. The highest BCUT2D eigenvalue weighted by Crippen LogP contribution is 2.60. The first-order chi connectivity index (χ1) is 15.5. The minimum absolute atomic E-state index is 0.132. The summed E-state index contributed by atoms with van der Waals surface area (Å²) in [6.07, 6.45) is 9.32. The Morgan fingerprint density at radius 3 is 2.47 bits per heavy atom. The van der Waals surface area contributed by atoms with E-state index in [4.69, 9.17) is 0 Å². The van der Waals surface area contributed by atoms with Crippen molar-refractivity contribution in [2.75, 3.05) is 39.3 Å². The van der Waals surface area contributed by atoms with Gasteiger partial charge in [-0.15, -0.1) is 0 Å². The average molecular weight is 440 g/mol. The number of benzene rings is 1. The largest absolute Gasteiger partial charge is 0.340 e. The van der Waals surface area contributed by atoms with Gasteiger partial charge in [0.1, 0.15) is 5.82 Å². The van der Waals surface area contributed by atoms with Gasteiger partial charge in [-0.25, -0.2) is 4.39 Å². The molecule has 0 unspecified atom stereocenters. The molecule has 5 rings (SSSR count). The van der Waals surface area contributed by atoms with Gasteiger partial charge in [0.05, 0.1) is 0 Å². The second-order valence-corrected chi connectivity index (χ2v) is 10.1. The Labute approximate surface area is 190 Å². The molecule has 0 N–H and O–H groups in total. The van der Waals surface area contributed by atoms with E-state index in [2.05, 4.69) is 11.0 Å². The lowest BCUT2D eigenvalue weighted by molar-refractivity contribution is -0.135.